The van der Waals surface area contributed by atoms with Gasteiger partial charge in [0.2, 0.25) is 5.91 Å². The lowest BCUT2D eigenvalue weighted by atomic mass is 9.82. The van der Waals surface area contributed by atoms with Gasteiger partial charge in [-0.2, -0.15) is 0 Å². The van der Waals surface area contributed by atoms with E-state index in [1.54, 1.807) is 12.0 Å². The van der Waals surface area contributed by atoms with Gasteiger partial charge in [0.1, 0.15) is 11.8 Å². The normalized spacial score (nSPS) is 27.7. The van der Waals surface area contributed by atoms with Crippen LogP contribution in [0.4, 0.5) is 0 Å². The van der Waals surface area contributed by atoms with E-state index < -0.39 is 11.8 Å². The monoisotopic (exact) mass is 374 g/mol. The van der Waals surface area contributed by atoms with Crippen molar-refractivity contribution in [2.24, 2.45) is 5.92 Å². The number of methoxy groups -OCH3 is 1. The molecule has 0 radical (unpaired) electrons. The molecular formula is C21H30N2O4. The van der Waals surface area contributed by atoms with Crippen molar-refractivity contribution in [3.05, 3.63) is 35.4 Å². The fourth-order valence-corrected chi connectivity index (χ4v) is 4.34. The van der Waals surface area contributed by atoms with Crippen molar-refractivity contribution in [2.75, 3.05) is 26.9 Å². The molecule has 1 N–H and O–H groups in total. The number of hydrogen-bond acceptors (Lipinski definition) is 4. The van der Waals surface area contributed by atoms with E-state index in [0.29, 0.717) is 24.6 Å². The molecule has 1 heterocycles. The second-order valence-corrected chi connectivity index (χ2v) is 7.75. The number of nitrogens with zero attached hydrogens (tertiary/aromatic N) is 1. The fourth-order valence-electron chi connectivity index (χ4n) is 4.34. The molecule has 1 aliphatic heterocycles. The predicted octanol–water partition coefficient (Wildman–Crippen LogP) is 2.51. The molecule has 6 heteroatoms. The molecule has 2 fully saturated rings. The molecule has 27 heavy (non-hydrogen) atoms. The van der Waals surface area contributed by atoms with Crippen molar-refractivity contribution >= 4 is 11.8 Å². The van der Waals surface area contributed by atoms with Gasteiger partial charge < -0.3 is 14.8 Å². The van der Waals surface area contributed by atoms with E-state index in [9.17, 15) is 9.59 Å². The number of benzene rings is 1. The lowest BCUT2D eigenvalue weighted by Gasteiger charge is -2.43. The van der Waals surface area contributed by atoms with Crippen molar-refractivity contribution in [1.29, 1.82) is 0 Å². The van der Waals surface area contributed by atoms with Gasteiger partial charge in [0, 0.05) is 19.2 Å². The Morgan fingerprint density at radius 1 is 1.37 bits per heavy atom. The summed E-state index contributed by atoms with van der Waals surface area (Å²) in [5.41, 5.74) is 0.863. The summed E-state index contributed by atoms with van der Waals surface area (Å²) in [6.07, 6.45) is 3.67. The van der Waals surface area contributed by atoms with Crippen LogP contribution in [0.5, 0.6) is 0 Å². The molecule has 3 rings (SSSR count). The van der Waals surface area contributed by atoms with Crippen molar-refractivity contribution in [2.45, 2.75) is 51.3 Å². The number of carbonyl (C=O) groups excluding carboxylic acids is 2. The molecule has 1 spiro atoms. The smallest absolute Gasteiger partial charge is 0.257 e. The first-order chi connectivity index (χ1) is 13.0. The second kappa shape index (κ2) is 8.40. The number of amides is 2. The maximum absolute atomic E-state index is 13.5. The summed E-state index contributed by atoms with van der Waals surface area (Å²) in [5.74, 6) is 0.164. The molecule has 1 aliphatic carbocycles. The molecule has 0 bridgehead atoms. The van der Waals surface area contributed by atoms with E-state index in [1.807, 2.05) is 31.2 Å². The molecular weight excluding hydrogens is 344 g/mol. The van der Waals surface area contributed by atoms with Crippen molar-refractivity contribution in [3.8, 4) is 0 Å². The van der Waals surface area contributed by atoms with Gasteiger partial charge in [-0.25, -0.2) is 0 Å². The van der Waals surface area contributed by atoms with Gasteiger partial charge in [0.05, 0.1) is 13.2 Å². The average molecular weight is 374 g/mol. The van der Waals surface area contributed by atoms with E-state index in [2.05, 4.69) is 12.2 Å². The molecule has 0 unspecified atom stereocenters. The van der Waals surface area contributed by atoms with Crippen LogP contribution in [0.15, 0.2) is 24.3 Å². The quantitative estimate of drug-likeness (QED) is 0.804. The number of hydrogen-bond donors (Lipinski definition) is 1. The van der Waals surface area contributed by atoms with Crippen LogP contribution < -0.4 is 5.32 Å². The van der Waals surface area contributed by atoms with E-state index in [-0.39, 0.29) is 18.4 Å². The summed E-state index contributed by atoms with van der Waals surface area (Å²) in [7, 11) is 1.59. The standard InChI is InChI=1S/C21H30N2O4/c1-15-7-6-10-21(13-15)23(20(25)17-9-5-4-8-16(17)2)18(14-27-21)19(24)22-11-12-26-3/h4-5,8-9,15,18H,6-7,10-14H2,1-3H3,(H,22,24)/t15-,18+,21-/m0/s1. The predicted molar refractivity (Wildman–Crippen MR) is 102 cm³/mol. The number of ether oxygens (including phenoxy) is 2. The average Bonchev–Trinajstić information content (AvgIpc) is 3.00. The molecule has 6 nitrogen and oxygen atoms in total. The minimum atomic E-state index is -0.680. The molecule has 1 saturated carbocycles. The van der Waals surface area contributed by atoms with E-state index in [4.69, 9.17) is 9.47 Å². The Hall–Kier alpha value is -1.92. The number of nitrogens with one attached hydrogen (secondary N) is 1. The Labute approximate surface area is 161 Å². The zero-order valence-corrected chi connectivity index (χ0v) is 16.5. The van der Waals surface area contributed by atoms with Crippen LogP contribution in [-0.2, 0) is 14.3 Å². The second-order valence-electron chi connectivity index (χ2n) is 7.75. The number of carbonyl (C=O) groups is 2. The van der Waals surface area contributed by atoms with Gasteiger partial charge in [0.15, 0.2) is 0 Å². The van der Waals surface area contributed by atoms with E-state index >= 15 is 0 Å². The van der Waals surface area contributed by atoms with Crippen molar-refractivity contribution < 1.29 is 19.1 Å². The van der Waals surface area contributed by atoms with Crippen molar-refractivity contribution in [3.63, 3.8) is 0 Å². The lowest BCUT2D eigenvalue weighted by molar-refractivity contribution is -0.128. The van der Waals surface area contributed by atoms with Crippen LogP contribution in [-0.4, -0.2) is 55.3 Å². The van der Waals surface area contributed by atoms with Crippen LogP contribution in [0.2, 0.25) is 0 Å². The van der Waals surface area contributed by atoms with E-state index in [0.717, 1.165) is 31.2 Å². The van der Waals surface area contributed by atoms with Crippen LogP contribution in [0.1, 0.15) is 48.5 Å². The Morgan fingerprint density at radius 2 is 2.15 bits per heavy atom. The summed E-state index contributed by atoms with van der Waals surface area (Å²) in [6.45, 7) is 5.21. The Balaban J connectivity index is 1.91. The summed E-state index contributed by atoms with van der Waals surface area (Å²) in [4.78, 5) is 28.1. The third-order valence-corrected chi connectivity index (χ3v) is 5.69. The van der Waals surface area contributed by atoms with Gasteiger partial charge in [-0.1, -0.05) is 31.5 Å². The minimum Gasteiger partial charge on any atom is -0.383 e. The lowest BCUT2D eigenvalue weighted by Crippen LogP contribution is -2.57. The Morgan fingerprint density at radius 3 is 2.85 bits per heavy atom. The zero-order valence-electron chi connectivity index (χ0n) is 16.5. The minimum absolute atomic E-state index is 0.119. The molecule has 3 atom stereocenters. The van der Waals surface area contributed by atoms with Crippen LogP contribution in [0.25, 0.3) is 0 Å². The molecule has 0 aromatic heterocycles. The molecule has 1 aromatic rings. The SMILES string of the molecule is COCCNC(=O)[C@H]1CO[C@]2(CCC[C@H](C)C2)N1C(=O)c1ccccc1C. The first-order valence-electron chi connectivity index (χ1n) is 9.78. The zero-order chi connectivity index (χ0) is 19.4. The van der Waals surface area contributed by atoms with Crippen LogP contribution >= 0.6 is 0 Å². The number of aryl methyl sites for hydroxylation is 1. The largest absolute Gasteiger partial charge is 0.383 e. The van der Waals surface area contributed by atoms with Gasteiger partial charge in [-0.3, -0.25) is 14.5 Å². The molecule has 2 amide bonds. The molecule has 1 aromatic carbocycles. The van der Waals surface area contributed by atoms with Gasteiger partial charge in [-0.05, 0) is 43.7 Å². The summed E-state index contributed by atoms with van der Waals surface area (Å²) in [6, 6.07) is 6.92. The third kappa shape index (κ3) is 4.01. The topological polar surface area (TPSA) is 67.9 Å². The first-order valence-corrected chi connectivity index (χ1v) is 9.78. The highest BCUT2D eigenvalue weighted by atomic mass is 16.5. The summed E-state index contributed by atoms with van der Waals surface area (Å²) < 4.78 is 11.2. The molecule has 148 valence electrons. The molecule has 2 aliphatic rings. The molecule has 1 saturated heterocycles. The van der Waals surface area contributed by atoms with E-state index in [1.165, 1.54) is 0 Å². The Kier molecular flexibility index (Phi) is 6.17. The van der Waals surface area contributed by atoms with Gasteiger partial charge in [0.25, 0.3) is 5.91 Å². The summed E-state index contributed by atoms with van der Waals surface area (Å²) in [5, 5.41) is 2.87. The number of rotatable bonds is 5. The summed E-state index contributed by atoms with van der Waals surface area (Å²) >= 11 is 0. The highest BCUT2D eigenvalue weighted by Crippen LogP contribution is 2.43. The third-order valence-electron chi connectivity index (χ3n) is 5.69. The fraction of sp³-hybridized carbons (Fsp3) is 0.619. The Bertz CT molecular complexity index is 693. The van der Waals surface area contributed by atoms with Crippen LogP contribution in [0.3, 0.4) is 0 Å². The first kappa shape index (κ1) is 19.8. The highest BCUT2D eigenvalue weighted by molar-refractivity contribution is 5.99. The van der Waals surface area contributed by atoms with Gasteiger partial charge >= 0.3 is 0 Å². The van der Waals surface area contributed by atoms with Crippen molar-refractivity contribution in [1.82, 2.24) is 10.2 Å². The maximum Gasteiger partial charge on any atom is 0.257 e. The van der Waals surface area contributed by atoms with Crippen LogP contribution in [0, 0.1) is 12.8 Å². The van der Waals surface area contributed by atoms with Gasteiger partial charge in [-0.15, -0.1) is 0 Å². The highest BCUT2D eigenvalue weighted by Gasteiger charge is 2.54. The maximum atomic E-state index is 13.5.